The first-order chi connectivity index (χ1) is 6.15. The predicted octanol–water partition coefficient (Wildman–Crippen LogP) is 2.03. The summed E-state index contributed by atoms with van der Waals surface area (Å²) in [6.45, 7) is -0.0988. The molecule has 0 fully saturated rings. The summed E-state index contributed by atoms with van der Waals surface area (Å²) < 4.78 is 37.9. The second-order valence-corrected chi connectivity index (χ2v) is 2.68. The van der Waals surface area contributed by atoms with Gasteiger partial charge in [-0.15, -0.1) is 0 Å². The minimum Gasteiger partial charge on any atom is -0.396 e. The lowest BCUT2D eigenvalue weighted by Gasteiger charge is -2.02. The second kappa shape index (κ2) is 4.28. The van der Waals surface area contributed by atoms with Crippen LogP contribution in [-0.4, -0.2) is 11.7 Å². The molecule has 0 atom stereocenters. The van der Waals surface area contributed by atoms with Gasteiger partial charge in [0.05, 0.1) is 0 Å². The molecule has 0 bridgehead atoms. The summed E-state index contributed by atoms with van der Waals surface area (Å²) >= 11 is 0. The van der Waals surface area contributed by atoms with Gasteiger partial charge in [0.1, 0.15) is 5.82 Å². The molecule has 0 saturated carbocycles. The van der Waals surface area contributed by atoms with Crippen LogP contribution >= 0.6 is 0 Å². The lowest BCUT2D eigenvalue weighted by atomic mass is 10.1. The smallest absolute Gasteiger partial charge is 0.161 e. The minimum atomic E-state index is -1.19. The topological polar surface area (TPSA) is 20.2 Å². The van der Waals surface area contributed by atoms with Gasteiger partial charge in [-0.2, -0.15) is 0 Å². The van der Waals surface area contributed by atoms with Gasteiger partial charge in [-0.05, 0) is 24.5 Å². The van der Waals surface area contributed by atoms with Crippen LogP contribution in [0.3, 0.4) is 0 Å². The Labute approximate surface area is 73.8 Å². The Kier molecular flexibility index (Phi) is 3.31. The zero-order chi connectivity index (χ0) is 9.84. The fourth-order valence-corrected chi connectivity index (χ4v) is 1.02. The molecule has 0 aromatic heterocycles. The fourth-order valence-electron chi connectivity index (χ4n) is 1.02. The van der Waals surface area contributed by atoms with Crippen molar-refractivity contribution in [2.24, 2.45) is 0 Å². The number of aliphatic hydroxyl groups excluding tert-OH is 1. The van der Waals surface area contributed by atoms with Crippen LogP contribution in [0.15, 0.2) is 12.1 Å². The lowest BCUT2D eigenvalue weighted by Crippen LogP contribution is -1.97. The van der Waals surface area contributed by atoms with E-state index in [1.807, 2.05) is 0 Å². The first-order valence-electron chi connectivity index (χ1n) is 3.89. The summed E-state index contributed by atoms with van der Waals surface area (Å²) in [5.74, 6) is -3.02. The van der Waals surface area contributed by atoms with Crippen molar-refractivity contribution in [1.82, 2.24) is 0 Å². The Balaban J connectivity index is 2.88. The highest BCUT2D eigenvalue weighted by molar-refractivity contribution is 5.20. The standard InChI is InChI=1S/C9H9F3O/c10-7-5-9(12)8(11)4-6(7)2-1-3-13/h4-5,13H,1-3H2. The minimum absolute atomic E-state index is 0.0907. The van der Waals surface area contributed by atoms with Gasteiger partial charge in [0.25, 0.3) is 0 Å². The predicted molar refractivity (Wildman–Crippen MR) is 41.7 cm³/mol. The van der Waals surface area contributed by atoms with Gasteiger partial charge >= 0.3 is 0 Å². The van der Waals surface area contributed by atoms with Crippen molar-refractivity contribution in [2.75, 3.05) is 6.61 Å². The van der Waals surface area contributed by atoms with Gasteiger partial charge in [0, 0.05) is 12.7 Å². The largest absolute Gasteiger partial charge is 0.396 e. The number of hydrogen-bond acceptors (Lipinski definition) is 1. The van der Waals surface area contributed by atoms with Crippen molar-refractivity contribution in [3.8, 4) is 0 Å². The van der Waals surface area contributed by atoms with Gasteiger partial charge in [-0.25, -0.2) is 13.2 Å². The van der Waals surface area contributed by atoms with E-state index in [1.54, 1.807) is 0 Å². The second-order valence-electron chi connectivity index (χ2n) is 2.68. The molecule has 1 nitrogen and oxygen atoms in total. The van der Waals surface area contributed by atoms with Crippen LogP contribution in [0.2, 0.25) is 0 Å². The third-order valence-corrected chi connectivity index (χ3v) is 1.69. The van der Waals surface area contributed by atoms with Crippen molar-refractivity contribution >= 4 is 0 Å². The van der Waals surface area contributed by atoms with E-state index in [4.69, 9.17) is 5.11 Å². The number of hydrogen-bond donors (Lipinski definition) is 1. The summed E-state index contributed by atoms with van der Waals surface area (Å²) in [5.41, 5.74) is 0.0907. The average molecular weight is 190 g/mol. The maximum Gasteiger partial charge on any atom is 0.161 e. The van der Waals surface area contributed by atoms with Gasteiger partial charge in [-0.1, -0.05) is 0 Å². The highest BCUT2D eigenvalue weighted by atomic mass is 19.2. The molecule has 1 aromatic rings. The highest BCUT2D eigenvalue weighted by Gasteiger charge is 2.08. The molecule has 72 valence electrons. The van der Waals surface area contributed by atoms with Crippen molar-refractivity contribution in [3.05, 3.63) is 35.1 Å². The van der Waals surface area contributed by atoms with E-state index < -0.39 is 17.5 Å². The van der Waals surface area contributed by atoms with E-state index in [2.05, 4.69) is 0 Å². The zero-order valence-electron chi connectivity index (χ0n) is 6.86. The Morgan fingerprint density at radius 1 is 1.00 bits per heavy atom. The van der Waals surface area contributed by atoms with Crippen LogP contribution in [0, 0.1) is 17.5 Å². The van der Waals surface area contributed by atoms with E-state index in [-0.39, 0.29) is 18.6 Å². The van der Waals surface area contributed by atoms with Crippen LogP contribution in [0.1, 0.15) is 12.0 Å². The molecule has 0 aliphatic heterocycles. The summed E-state index contributed by atoms with van der Waals surface area (Å²) in [6, 6.07) is 1.34. The van der Waals surface area contributed by atoms with Crippen molar-refractivity contribution in [1.29, 1.82) is 0 Å². The molecule has 0 saturated heterocycles. The van der Waals surface area contributed by atoms with Gasteiger partial charge in [0.2, 0.25) is 0 Å². The SMILES string of the molecule is OCCCc1cc(F)c(F)cc1F. The first kappa shape index (κ1) is 10.1. The number of benzene rings is 1. The first-order valence-corrected chi connectivity index (χ1v) is 3.89. The summed E-state index contributed by atoms with van der Waals surface area (Å²) in [4.78, 5) is 0. The molecule has 1 aromatic carbocycles. The normalized spacial score (nSPS) is 10.5. The number of halogens is 3. The highest BCUT2D eigenvalue weighted by Crippen LogP contribution is 2.14. The summed E-state index contributed by atoms with van der Waals surface area (Å²) in [7, 11) is 0. The Hall–Kier alpha value is -1.03. The number of aliphatic hydroxyl groups is 1. The molecular weight excluding hydrogens is 181 g/mol. The molecule has 1 rings (SSSR count). The average Bonchev–Trinajstić information content (AvgIpc) is 2.09. The Bertz CT molecular complexity index is 299. The van der Waals surface area contributed by atoms with Crippen LogP contribution in [0.4, 0.5) is 13.2 Å². The maximum atomic E-state index is 12.9. The van der Waals surface area contributed by atoms with Crippen molar-refractivity contribution < 1.29 is 18.3 Å². The number of rotatable bonds is 3. The van der Waals surface area contributed by atoms with E-state index in [9.17, 15) is 13.2 Å². The van der Waals surface area contributed by atoms with Crippen LogP contribution < -0.4 is 0 Å². The van der Waals surface area contributed by atoms with Crippen LogP contribution in [0.5, 0.6) is 0 Å². The Morgan fingerprint density at radius 2 is 1.62 bits per heavy atom. The lowest BCUT2D eigenvalue weighted by molar-refractivity contribution is 0.288. The van der Waals surface area contributed by atoms with E-state index >= 15 is 0 Å². The quantitative estimate of drug-likeness (QED) is 0.723. The van der Waals surface area contributed by atoms with Crippen molar-refractivity contribution in [3.63, 3.8) is 0 Å². The molecule has 1 N–H and O–H groups in total. The maximum absolute atomic E-state index is 12.9. The molecule has 0 heterocycles. The van der Waals surface area contributed by atoms with E-state index in [1.165, 1.54) is 0 Å². The molecular formula is C9H9F3O. The molecule has 0 aliphatic rings. The van der Waals surface area contributed by atoms with Gasteiger partial charge < -0.3 is 5.11 Å². The molecule has 13 heavy (non-hydrogen) atoms. The molecule has 4 heteroatoms. The van der Waals surface area contributed by atoms with E-state index in [0.717, 1.165) is 6.07 Å². The van der Waals surface area contributed by atoms with Gasteiger partial charge in [0.15, 0.2) is 11.6 Å². The molecule has 0 unspecified atom stereocenters. The number of aryl methyl sites for hydroxylation is 1. The van der Waals surface area contributed by atoms with Crippen molar-refractivity contribution in [2.45, 2.75) is 12.8 Å². The molecule has 0 amide bonds. The third kappa shape index (κ3) is 2.45. The molecule has 0 spiro atoms. The summed E-state index contributed by atoms with van der Waals surface area (Å²) in [6.07, 6.45) is 0.543. The van der Waals surface area contributed by atoms with E-state index in [0.29, 0.717) is 12.5 Å². The monoisotopic (exact) mass is 190 g/mol. The molecule has 0 radical (unpaired) electrons. The summed E-state index contributed by atoms with van der Waals surface area (Å²) in [5, 5.41) is 8.45. The molecule has 0 aliphatic carbocycles. The fraction of sp³-hybridized carbons (Fsp3) is 0.333. The Morgan fingerprint density at radius 3 is 2.23 bits per heavy atom. The van der Waals surface area contributed by atoms with Crippen LogP contribution in [0.25, 0.3) is 0 Å². The zero-order valence-corrected chi connectivity index (χ0v) is 6.86. The van der Waals surface area contributed by atoms with Crippen LogP contribution in [-0.2, 0) is 6.42 Å². The third-order valence-electron chi connectivity index (χ3n) is 1.69. The van der Waals surface area contributed by atoms with Gasteiger partial charge in [-0.3, -0.25) is 0 Å².